The monoisotopic (exact) mass is 262 g/mol. The molecule has 2 aromatic carbocycles. The Bertz CT molecular complexity index is 641. The van der Waals surface area contributed by atoms with Crippen LogP contribution in [0.3, 0.4) is 0 Å². The predicted molar refractivity (Wildman–Crippen MR) is 85.4 cm³/mol. The lowest BCUT2D eigenvalue weighted by Crippen LogP contribution is -2.07. The van der Waals surface area contributed by atoms with Crippen LogP contribution in [-0.4, -0.2) is 14.1 Å². The van der Waals surface area contributed by atoms with Crippen LogP contribution in [0, 0.1) is 18.3 Å². The summed E-state index contributed by atoms with van der Waals surface area (Å²) in [4.78, 5) is 2.05. The molecule has 0 aliphatic rings. The van der Waals surface area contributed by atoms with Gasteiger partial charge in [-0.15, -0.1) is 0 Å². The zero-order chi connectivity index (χ0) is 14.5. The summed E-state index contributed by atoms with van der Waals surface area (Å²) < 4.78 is 0. The van der Waals surface area contributed by atoms with E-state index >= 15 is 0 Å². The Hall–Kier alpha value is -2.53. The highest BCUT2D eigenvalue weighted by atomic mass is 15.1. The molecule has 2 rings (SSSR count). The minimum Gasteiger partial charge on any atom is -0.378 e. The Labute approximate surface area is 120 Å². The van der Waals surface area contributed by atoms with Crippen molar-refractivity contribution in [3.8, 4) is 6.07 Å². The lowest BCUT2D eigenvalue weighted by atomic mass is 10.0. The smallest absolute Gasteiger partial charge is 0.0998 e. The first-order valence-electron chi connectivity index (χ1n) is 6.56. The highest BCUT2D eigenvalue weighted by Gasteiger charge is 2.01. The van der Waals surface area contributed by atoms with E-state index in [9.17, 15) is 5.26 Å². The molecule has 0 aliphatic heterocycles. The van der Waals surface area contributed by atoms with Gasteiger partial charge in [0.15, 0.2) is 0 Å². The molecule has 0 atom stereocenters. The number of allylic oxidation sites excluding steroid dienone is 1. The maximum absolute atomic E-state index is 9.33. The molecule has 0 spiro atoms. The number of hydrogen-bond acceptors (Lipinski definition) is 2. The van der Waals surface area contributed by atoms with Gasteiger partial charge in [-0.05, 0) is 36.3 Å². The molecule has 0 aromatic heterocycles. The van der Waals surface area contributed by atoms with Crippen LogP contribution in [0.15, 0.2) is 48.5 Å². The second-order valence-electron chi connectivity index (χ2n) is 5.02. The standard InChI is InChI=1S/C18H18N2/c1-14-4-8-16(9-5-14)17(13-19)12-15-6-10-18(11-7-15)20(2)3/h4-12H,1-3H3. The van der Waals surface area contributed by atoms with Crippen molar-refractivity contribution in [2.45, 2.75) is 6.92 Å². The molecule has 0 N–H and O–H groups in total. The van der Waals surface area contributed by atoms with Crippen LogP contribution in [0.1, 0.15) is 16.7 Å². The number of hydrogen-bond donors (Lipinski definition) is 0. The summed E-state index contributed by atoms with van der Waals surface area (Å²) in [7, 11) is 4.02. The van der Waals surface area contributed by atoms with E-state index in [1.54, 1.807) is 0 Å². The summed E-state index contributed by atoms with van der Waals surface area (Å²) in [6, 6.07) is 18.5. The Morgan fingerprint density at radius 2 is 1.60 bits per heavy atom. The minimum atomic E-state index is 0.683. The first-order valence-corrected chi connectivity index (χ1v) is 6.56. The average Bonchev–Trinajstić information content (AvgIpc) is 2.46. The maximum atomic E-state index is 9.33. The number of aryl methyl sites for hydroxylation is 1. The van der Waals surface area contributed by atoms with Crippen molar-refractivity contribution < 1.29 is 0 Å². The second-order valence-corrected chi connectivity index (χ2v) is 5.02. The molecule has 0 unspecified atom stereocenters. The molecule has 0 fully saturated rings. The molecular formula is C18H18N2. The number of anilines is 1. The highest BCUT2D eigenvalue weighted by Crippen LogP contribution is 2.20. The van der Waals surface area contributed by atoms with Crippen molar-refractivity contribution in [3.05, 3.63) is 65.2 Å². The van der Waals surface area contributed by atoms with E-state index in [4.69, 9.17) is 0 Å². The molecule has 0 heterocycles. The fraction of sp³-hybridized carbons (Fsp3) is 0.167. The fourth-order valence-corrected chi connectivity index (χ4v) is 1.95. The Morgan fingerprint density at radius 1 is 1.00 bits per heavy atom. The Kier molecular flexibility index (Phi) is 4.22. The van der Waals surface area contributed by atoms with E-state index < -0.39 is 0 Å². The van der Waals surface area contributed by atoms with Crippen molar-refractivity contribution in [2.75, 3.05) is 19.0 Å². The van der Waals surface area contributed by atoms with Gasteiger partial charge < -0.3 is 4.90 Å². The van der Waals surface area contributed by atoms with E-state index in [2.05, 4.69) is 23.1 Å². The third-order valence-electron chi connectivity index (χ3n) is 3.20. The van der Waals surface area contributed by atoms with E-state index in [0.717, 1.165) is 16.8 Å². The third kappa shape index (κ3) is 3.27. The van der Waals surface area contributed by atoms with Gasteiger partial charge in [-0.25, -0.2) is 0 Å². The molecule has 0 amide bonds. The van der Waals surface area contributed by atoms with E-state index in [0.29, 0.717) is 5.57 Å². The summed E-state index contributed by atoms with van der Waals surface area (Å²) in [5.41, 5.74) is 5.02. The maximum Gasteiger partial charge on any atom is 0.0998 e. The highest BCUT2D eigenvalue weighted by molar-refractivity contribution is 5.89. The molecule has 100 valence electrons. The first-order chi connectivity index (χ1) is 9.60. The predicted octanol–water partition coefficient (Wildman–Crippen LogP) is 4.13. The summed E-state index contributed by atoms with van der Waals surface area (Å²) in [5, 5.41) is 9.33. The van der Waals surface area contributed by atoms with Crippen LogP contribution >= 0.6 is 0 Å². The molecule has 0 saturated carbocycles. The summed E-state index contributed by atoms with van der Waals surface area (Å²) in [6.07, 6.45) is 1.92. The van der Waals surface area contributed by atoms with Gasteiger partial charge in [0.05, 0.1) is 11.6 Å². The zero-order valence-corrected chi connectivity index (χ0v) is 12.1. The van der Waals surface area contributed by atoms with Gasteiger partial charge in [-0.2, -0.15) is 5.26 Å². The van der Waals surface area contributed by atoms with Gasteiger partial charge in [-0.1, -0.05) is 42.0 Å². The summed E-state index contributed by atoms with van der Waals surface area (Å²) >= 11 is 0. The number of benzene rings is 2. The normalized spacial score (nSPS) is 11.0. The van der Waals surface area contributed by atoms with Gasteiger partial charge >= 0.3 is 0 Å². The van der Waals surface area contributed by atoms with E-state index in [1.165, 1.54) is 5.56 Å². The molecule has 2 heteroatoms. The second kappa shape index (κ2) is 6.08. The SMILES string of the molecule is Cc1ccc(C(C#N)=Cc2ccc(N(C)C)cc2)cc1. The largest absolute Gasteiger partial charge is 0.378 e. The van der Waals surface area contributed by atoms with Crippen molar-refractivity contribution in [2.24, 2.45) is 0 Å². The van der Waals surface area contributed by atoms with Crippen molar-refractivity contribution >= 4 is 17.3 Å². The number of nitrogens with zero attached hydrogens (tertiary/aromatic N) is 2. The molecule has 0 saturated heterocycles. The molecule has 0 radical (unpaired) electrons. The van der Waals surface area contributed by atoms with Crippen LogP contribution in [0.2, 0.25) is 0 Å². The number of nitriles is 1. The van der Waals surface area contributed by atoms with Crippen LogP contribution in [0.25, 0.3) is 11.6 Å². The molecule has 20 heavy (non-hydrogen) atoms. The van der Waals surface area contributed by atoms with E-state index in [-0.39, 0.29) is 0 Å². The van der Waals surface area contributed by atoms with Crippen LogP contribution in [-0.2, 0) is 0 Å². The fourth-order valence-electron chi connectivity index (χ4n) is 1.95. The van der Waals surface area contributed by atoms with Gasteiger partial charge in [0.1, 0.15) is 0 Å². The van der Waals surface area contributed by atoms with Crippen LogP contribution in [0.4, 0.5) is 5.69 Å². The summed E-state index contributed by atoms with van der Waals surface area (Å²) in [5.74, 6) is 0. The van der Waals surface area contributed by atoms with Crippen molar-refractivity contribution in [1.82, 2.24) is 0 Å². The van der Waals surface area contributed by atoms with E-state index in [1.807, 2.05) is 63.5 Å². The van der Waals surface area contributed by atoms with Crippen molar-refractivity contribution in [3.63, 3.8) is 0 Å². The third-order valence-corrected chi connectivity index (χ3v) is 3.20. The molecule has 0 bridgehead atoms. The van der Waals surface area contributed by atoms with Crippen LogP contribution in [0.5, 0.6) is 0 Å². The average molecular weight is 262 g/mol. The summed E-state index contributed by atoms with van der Waals surface area (Å²) in [6.45, 7) is 2.04. The molecule has 2 nitrogen and oxygen atoms in total. The molecule has 0 aliphatic carbocycles. The molecular weight excluding hydrogens is 244 g/mol. The van der Waals surface area contributed by atoms with Gasteiger partial charge in [-0.3, -0.25) is 0 Å². The quantitative estimate of drug-likeness (QED) is 0.614. The van der Waals surface area contributed by atoms with Gasteiger partial charge in [0.25, 0.3) is 0 Å². The minimum absolute atomic E-state index is 0.683. The van der Waals surface area contributed by atoms with Crippen LogP contribution < -0.4 is 4.90 Å². The number of rotatable bonds is 3. The molecule has 2 aromatic rings. The van der Waals surface area contributed by atoms with Gasteiger partial charge in [0.2, 0.25) is 0 Å². The Balaban J connectivity index is 2.31. The first kappa shape index (κ1) is 13.9. The van der Waals surface area contributed by atoms with Gasteiger partial charge in [0, 0.05) is 19.8 Å². The lowest BCUT2D eigenvalue weighted by Gasteiger charge is -2.11. The Morgan fingerprint density at radius 3 is 2.10 bits per heavy atom. The zero-order valence-electron chi connectivity index (χ0n) is 12.1. The topological polar surface area (TPSA) is 27.0 Å². The lowest BCUT2D eigenvalue weighted by molar-refractivity contribution is 1.13. The van der Waals surface area contributed by atoms with Crippen molar-refractivity contribution in [1.29, 1.82) is 5.26 Å².